The molecule has 0 radical (unpaired) electrons. The Morgan fingerprint density at radius 3 is 2.73 bits per heavy atom. The molecule has 134 valence electrons. The highest BCUT2D eigenvalue weighted by atomic mass is 35.5. The third-order valence-corrected chi connectivity index (χ3v) is 4.20. The van der Waals surface area contributed by atoms with Crippen LogP contribution in [0.3, 0.4) is 0 Å². The molecule has 26 heavy (non-hydrogen) atoms. The van der Waals surface area contributed by atoms with Gasteiger partial charge in [-0.3, -0.25) is 9.88 Å². The van der Waals surface area contributed by atoms with Crippen LogP contribution in [0.25, 0.3) is 11.4 Å². The molecule has 9 nitrogen and oxygen atoms in total. The molecule has 0 aliphatic carbocycles. The average molecular weight is 374 g/mol. The first-order chi connectivity index (χ1) is 12.4. The molecule has 0 spiro atoms. The lowest BCUT2D eigenvalue weighted by Crippen LogP contribution is -2.34. The lowest BCUT2D eigenvalue weighted by Gasteiger charge is -2.27. The van der Waals surface area contributed by atoms with E-state index in [0.717, 1.165) is 4.90 Å². The number of nitrogen functional groups attached to an aromatic ring is 1. The van der Waals surface area contributed by atoms with E-state index in [2.05, 4.69) is 20.3 Å². The van der Waals surface area contributed by atoms with E-state index >= 15 is 0 Å². The van der Waals surface area contributed by atoms with Gasteiger partial charge in [0.2, 0.25) is 0 Å². The van der Waals surface area contributed by atoms with E-state index in [0.29, 0.717) is 22.6 Å². The molecule has 3 N–H and O–H groups in total. The zero-order chi connectivity index (χ0) is 18.8. The number of nitrogens with zero attached hydrogens (tertiary/aromatic N) is 6. The lowest BCUT2D eigenvalue weighted by atomic mass is 10.1. The Labute approximate surface area is 154 Å². The van der Waals surface area contributed by atoms with Crippen LogP contribution >= 0.6 is 11.6 Å². The topological polar surface area (TPSA) is 123 Å². The Morgan fingerprint density at radius 2 is 2.12 bits per heavy atom. The van der Waals surface area contributed by atoms with Crippen LogP contribution in [0, 0.1) is 0 Å². The minimum Gasteiger partial charge on any atom is -0.465 e. The van der Waals surface area contributed by atoms with Crippen molar-refractivity contribution < 1.29 is 9.90 Å². The van der Waals surface area contributed by atoms with E-state index in [-0.39, 0.29) is 11.0 Å². The first-order valence-corrected chi connectivity index (χ1v) is 8.02. The standard InChI is InChI=1S/C16H16ClN7O2/c1-9(11-4-3-7-19-14(11)17)24(16(25)26)15-13(21-22-23(15)2)12-6-5-10(18)8-20-12/h3-9H,18H2,1-2H3,(H,25,26)/t9-/m1/s1. The largest absolute Gasteiger partial charge is 0.465 e. The molecule has 0 unspecified atom stereocenters. The van der Waals surface area contributed by atoms with Crippen LogP contribution < -0.4 is 10.6 Å². The number of anilines is 2. The first kappa shape index (κ1) is 17.6. The second-order valence-electron chi connectivity index (χ2n) is 5.57. The fraction of sp³-hybridized carbons (Fsp3) is 0.188. The van der Waals surface area contributed by atoms with Gasteiger partial charge in [0.25, 0.3) is 0 Å². The zero-order valence-electron chi connectivity index (χ0n) is 14.0. The number of hydrogen-bond donors (Lipinski definition) is 2. The van der Waals surface area contributed by atoms with Gasteiger partial charge in [0.15, 0.2) is 11.5 Å². The van der Waals surface area contributed by atoms with Crippen molar-refractivity contribution in [3.05, 3.63) is 47.4 Å². The van der Waals surface area contributed by atoms with Crippen molar-refractivity contribution in [3.8, 4) is 11.4 Å². The molecule has 3 aromatic heterocycles. The van der Waals surface area contributed by atoms with Crippen LogP contribution in [0.1, 0.15) is 18.5 Å². The lowest BCUT2D eigenvalue weighted by molar-refractivity contribution is 0.199. The smallest absolute Gasteiger partial charge is 0.413 e. The van der Waals surface area contributed by atoms with Crippen LogP contribution in [0.5, 0.6) is 0 Å². The summed E-state index contributed by atoms with van der Waals surface area (Å²) in [4.78, 5) is 21.4. The third kappa shape index (κ3) is 3.16. The van der Waals surface area contributed by atoms with Crippen molar-refractivity contribution in [1.29, 1.82) is 0 Å². The van der Waals surface area contributed by atoms with E-state index in [1.54, 1.807) is 44.4 Å². The van der Waals surface area contributed by atoms with E-state index in [9.17, 15) is 9.90 Å². The van der Waals surface area contributed by atoms with E-state index in [4.69, 9.17) is 17.3 Å². The molecule has 3 heterocycles. The monoisotopic (exact) mass is 373 g/mol. The van der Waals surface area contributed by atoms with Gasteiger partial charge in [0, 0.05) is 18.8 Å². The normalized spacial score (nSPS) is 12.0. The number of nitrogens with two attached hydrogens (primary N) is 1. The molecule has 0 aromatic carbocycles. The summed E-state index contributed by atoms with van der Waals surface area (Å²) in [7, 11) is 1.61. The quantitative estimate of drug-likeness (QED) is 0.674. The van der Waals surface area contributed by atoms with Crippen molar-refractivity contribution >= 4 is 29.2 Å². The maximum absolute atomic E-state index is 12.1. The summed E-state index contributed by atoms with van der Waals surface area (Å²) < 4.78 is 1.38. The first-order valence-electron chi connectivity index (χ1n) is 7.64. The van der Waals surface area contributed by atoms with Gasteiger partial charge in [-0.2, -0.15) is 0 Å². The van der Waals surface area contributed by atoms with Crippen LogP contribution in [-0.2, 0) is 7.05 Å². The summed E-state index contributed by atoms with van der Waals surface area (Å²) in [5.41, 5.74) is 7.50. The van der Waals surface area contributed by atoms with E-state index in [1.807, 2.05) is 0 Å². The Morgan fingerprint density at radius 1 is 1.35 bits per heavy atom. The Balaban J connectivity index is 2.13. The SMILES string of the molecule is C[C@H](c1cccnc1Cl)N(C(=O)O)c1c(-c2ccc(N)cn2)nnn1C. The molecule has 0 bridgehead atoms. The summed E-state index contributed by atoms with van der Waals surface area (Å²) in [5, 5.41) is 18.1. The second kappa shape index (κ2) is 6.96. The van der Waals surface area contributed by atoms with Crippen molar-refractivity contribution in [2.45, 2.75) is 13.0 Å². The van der Waals surface area contributed by atoms with Crippen molar-refractivity contribution in [2.75, 3.05) is 10.6 Å². The molecular formula is C16H16ClN7O2. The number of aromatic nitrogens is 5. The number of hydrogen-bond acceptors (Lipinski definition) is 6. The van der Waals surface area contributed by atoms with Crippen LogP contribution in [0.15, 0.2) is 36.7 Å². The number of carbonyl (C=O) groups is 1. The number of aryl methyl sites for hydroxylation is 1. The van der Waals surface area contributed by atoms with Crippen LogP contribution in [-0.4, -0.2) is 36.2 Å². The second-order valence-corrected chi connectivity index (χ2v) is 5.93. The fourth-order valence-electron chi connectivity index (χ4n) is 2.62. The molecule has 1 amide bonds. The van der Waals surface area contributed by atoms with Gasteiger partial charge in [0.1, 0.15) is 5.15 Å². The third-order valence-electron chi connectivity index (χ3n) is 3.89. The Kier molecular flexibility index (Phi) is 4.72. The van der Waals surface area contributed by atoms with Gasteiger partial charge in [-0.1, -0.05) is 22.9 Å². The van der Waals surface area contributed by atoms with E-state index < -0.39 is 12.1 Å². The average Bonchev–Trinajstić information content (AvgIpc) is 2.97. The van der Waals surface area contributed by atoms with Gasteiger partial charge < -0.3 is 10.8 Å². The van der Waals surface area contributed by atoms with Crippen molar-refractivity contribution in [3.63, 3.8) is 0 Å². The maximum atomic E-state index is 12.1. The molecule has 0 fully saturated rings. The fourth-order valence-corrected chi connectivity index (χ4v) is 2.90. The van der Waals surface area contributed by atoms with Gasteiger partial charge in [-0.25, -0.2) is 14.5 Å². The molecular weight excluding hydrogens is 358 g/mol. The van der Waals surface area contributed by atoms with Crippen molar-refractivity contribution in [1.82, 2.24) is 25.0 Å². The van der Waals surface area contributed by atoms with Gasteiger partial charge in [0.05, 0.1) is 23.6 Å². The molecule has 0 aliphatic heterocycles. The number of pyridine rings is 2. The molecule has 3 aromatic rings. The van der Waals surface area contributed by atoms with Gasteiger partial charge >= 0.3 is 6.09 Å². The van der Waals surface area contributed by atoms with Crippen molar-refractivity contribution in [2.24, 2.45) is 7.05 Å². The molecule has 3 rings (SSSR count). The summed E-state index contributed by atoms with van der Waals surface area (Å²) in [5.74, 6) is 0.266. The summed E-state index contributed by atoms with van der Waals surface area (Å²) in [6.07, 6.45) is 1.83. The Bertz CT molecular complexity index is 942. The number of rotatable bonds is 4. The summed E-state index contributed by atoms with van der Waals surface area (Å²) in [6, 6.07) is 6.11. The highest BCUT2D eigenvalue weighted by Gasteiger charge is 2.31. The van der Waals surface area contributed by atoms with Gasteiger partial charge in [-0.05, 0) is 25.1 Å². The number of carboxylic acid groups (broad SMARTS) is 1. The molecule has 10 heteroatoms. The summed E-state index contributed by atoms with van der Waals surface area (Å²) >= 11 is 6.15. The predicted molar refractivity (Wildman–Crippen MR) is 96.8 cm³/mol. The molecule has 0 aliphatic rings. The Hall–Kier alpha value is -3.20. The van der Waals surface area contributed by atoms with Gasteiger partial charge in [-0.15, -0.1) is 5.10 Å². The maximum Gasteiger partial charge on any atom is 0.413 e. The van der Waals surface area contributed by atoms with Crippen LogP contribution in [0.2, 0.25) is 5.15 Å². The zero-order valence-corrected chi connectivity index (χ0v) is 14.8. The highest BCUT2D eigenvalue weighted by Crippen LogP contribution is 2.34. The van der Waals surface area contributed by atoms with Crippen LogP contribution in [0.4, 0.5) is 16.3 Å². The van der Waals surface area contributed by atoms with E-state index in [1.165, 1.54) is 10.9 Å². The highest BCUT2D eigenvalue weighted by molar-refractivity contribution is 6.30. The predicted octanol–water partition coefficient (Wildman–Crippen LogP) is 2.75. The molecule has 1 atom stereocenters. The minimum atomic E-state index is -1.18. The number of amides is 1. The molecule has 0 saturated heterocycles. The molecule has 0 saturated carbocycles. The minimum absolute atomic E-state index is 0.230. The summed E-state index contributed by atoms with van der Waals surface area (Å²) in [6.45, 7) is 1.71. The number of halogens is 1.